The SMILES string of the molecule is CCN(CC)C(C)C(=O)Nc1cccc(C(F)(F)F)c1. The van der Waals surface area contributed by atoms with E-state index >= 15 is 0 Å². The van der Waals surface area contributed by atoms with E-state index in [2.05, 4.69) is 5.32 Å². The number of halogens is 3. The fourth-order valence-corrected chi connectivity index (χ4v) is 1.96. The predicted octanol–water partition coefficient (Wildman–Crippen LogP) is 3.37. The number of carbonyl (C=O) groups is 1. The average molecular weight is 288 g/mol. The highest BCUT2D eigenvalue weighted by Crippen LogP contribution is 2.30. The van der Waals surface area contributed by atoms with Crippen molar-refractivity contribution in [3.05, 3.63) is 29.8 Å². The van der Waals surface area contributed by atoms with Crippen molar-refractivity contribution in [2.45, 2.75) is 33.0 Å². The smallest absolute Gasteiger partial charge is 0.325 e. The van der Waals surface area contributed by atoms with Crippen LogP contribution in [0.2, 0.25) is 0 Å². The first-order valence-electron chi connectivity index (χ1n) is 6.51. The molecular weight excluding hydrogens is 269 g/mol. The molecule has 3 nitrogen and oxygen atoms in total. The molecule has 1 aromatic carbocycles. The second kappa shape index (κ2) is 6.74. The average Bonchev–Trinajstić information content (AvgIpc) is 2.39. The molecule has 0 fully saturated rings. The minimum atomic E-state index is -4.41. The van der Waals surface area contributed by atoms with Crippen molar-refractivity contribution in [1.29, 1.82) is 0 Å². The summed E-state index contributed by atoms with van der Waals surface area (Å²) in [5, 5.41) is 2.52. The predicted molar refractivity (Wildman–Crippen MR) is 72.5 cm³/mol. The van der Waals surface area contributed by atoms with Crippen LogP contribution in [-0.2, 0) is 11.0 Å². The summed E-state index contributed by atoms with van der Waals surface area (Å²) in [6.45, 7) is 6.99. The molecule has 20 heavy (non-hydrogen) atoms. The number of hydrogen-bond acceptors (Lipinski definition) is 2. The molecule has 0 spiro atoms. The van der Waals surface area contributed by atoms with Crippen molar-refractivity contribution in [1.82, 2.24) is 4.90 Å². The van der Waals surface area contributed by atoms with E-state index in [4.69, 9.17) is 0 Å². The first-order valence-corrected chi connectivity index (χ1v) is 6.51. The van der Waals surface area contributed by atoms with Gasteiger partial charge < -0.3 is 5.32 Å². The minimum absolute atomic E-state index is 0.156. The summed E-state index contributed by atoms with van der Waals surface area (Å²) in [6, 6.07) is 4.25. The first-order chi connectivity index (χ1) is 9.29. The molecule has 0 aromatic heterocycles. The van der Waals surface area contributed by atoms with E-state index in [0.29, 0.717) is 13.1 Å². The number of hydrogen-bond donors (Lipinski definition) is 1. The maximum Gasteiger partial charge on any atom is 0.416 e. The van der Waals surface area contributed by atoms with Crippen LogP contribution in [0.5, 0.6) is 0 Å². The molecule has 0 aliphatic heterocycles. The summed E-state index contributed by atoms with van der Waals surface area (Å²) in [4.78, 5) is 13.9. The fourth-order valence-electron chi connectivity index (χ4n) is 1.96. The van der Waals surface area contributed by atoms with Crippen molar-refractivity contribution in [2.75, 3.05) is 18.4 Å². The molecule has 1 unspecified atom stereocenters. The van der Waals surface area contributed by atoms with Crippen LogP contribution in [0.15, 0.2) is 24.3 Å². The third kappa shape index (κ3) is 4.23. The van der Waals surface area contributed by atoms with Crippen molar-refractivity contribution in [3.63, 3.8) is 0 Å². The van der Waals surface area contributed by atoms with Gasteiger partial charge in [0.2, 0.25) is 5.91 Å². The van der Waals surface area contributed by atoms with Gasteiger partial charge in [0.1, 0.15) is 0 Å². The lowest BCUT2D eigenvalue weighted by Crippen LogP contribution is -2.41. The van der Waals surface area contributed by atoms with E-state index in [-0.39, 0.29) is 17.6 Å². The first kappa shape index (κ1) is 16.5. The van der Waals surface area contributed by atoms with E-state index in [1.807, 2.05) is 18.7 Å². The Labute approximate surface area is 116 Å². The normalized spacial score (nSPS) is 13.3. The van der Waals surface area contributed by atoms with E-state index < -0.39 is 11.7 Å². The van der Waals surface area contributed by atoms with E-state index in [1.165, 1.54) is 12.1 Å². The Morgan fingerprint density at radius 3 is 2.40 bits per heavy atom. The van der Waals surface area contributed by atoms with Crippen LogP contribution >= 0.6 is 0 Å². The second-order valence-electron chi connectivity index (χ2n) is 4.46. The van der Waals surface area contributed by atoms with Crippen LogP contribution < -0.4 is 5.32 Å². The monoisotopic (exact) mass is 288 g/mol. The topological polar surface area (TPSA) is 32.3 Å². The quantitative estimate of drug-likeness (QED) is 0.901. The number of likely N-dealkylation sites (N-methyl/N-ethyl adjacent to an activating group) is 1. The molecule has 0 radical (unpaired) electrons. The van der Waals surface area contributed by atoms with Crippen molar-refractivity contribution < 1.29 is 18.0 Å². The molecule has 1 N–H and O–H groups in total. The molecule has 0 aliphatic carbocycles. The maximum atomic E-state index is 12.6. The van der Waals surface area contributed by atoms with E-state index in [1.54, 1.807) is 6.92 Å². The molecule has 0 heterocycles. The van der Waals surface area contributed by atoms with Crippen LogP contribution in [0, 0.1) is 0 Å². The third-order valence-corrected chi connectivity index (χ3v) is 3.20. The van der Waals surface area contributed by atoms with Gasteiger partial charge in [-0.15, -0.1) is 0 Å². The van der Waals surface area contributed by atoms with Gasteiger partial charge in [-0.05, 0) is 38.2 Å². The van der Waals surface area contributed by atoms with Crippen LogP contribution in [0.25, 0.3) is 0 Å². The number of nitrogens with zero attached hydrogens (tertiary/aromatic N) is 1. The van der Waals surface area contributed by atoms with Gasteiger partial charge >= 0.3 is 6.18 Å². The number of alkyl halides is 3. The molecule has 0 saturated heterocycles. The molecule has 1 amide bonds. The van der Waals surface area contributed by atoms with Crippen molar-refractivity contribution in [2.24, 2.45) is 0 Å². The Kier molecular flexibility index (Phi) is 5.56. The Bertz CT molecular complexity index is 456. The molecule has 112 valence electrons. The molecule has 1 rings (SSSR count). The standard InChI is InChI=1S/C14H19F3N2O/c1-4-19(5-2)10(3)13(20)18-12-8-6-7-11(9-12)14(15,16)17/h6-10H,4-5H2,1-3H3,(H,18,20). The molecular formula is C14H19F3N2O. The summed E-state index contributed by atoms with van der Waals surface area (Å²) < 4.78 is 37.7. The third-order valence-electron chi connectivity index (χ3n) is 3.20. The summed E-state index contributed by atoms with van der Waals surface area (Å²) in [6.07, 6.45) is -4.41. The van der Waals surface area contributed by atoms with E-state index in [9.17, 15) is 18.0 Å². The number of amides is 1. The molecule has 0 aliphatic rings. The van der Waals surface area contributed by atoms with Gasteiger partial charge in [-0.2, -0.15) is 13.2 Å². The zero-order valence-corrected chi connectivity index (χ0v) is 11.8. The Balaban J connectivity index is 2.81. The Morgan fingerprint density at radius 2 is 1.90 bits per heavy atom. The van der Waals surface area contributed by atoms with Gasteiger partial charge in [0, 0.05) is 5.69 Å². The zero-order chi connectivity index (χ0) is 15.3. The molecule has 1 atom stereocenters. The fraction of sp³-hybridized carbons (Fsp3) is 0.500. The van der Waals surface area contributed by atoms with Crippen LogP contribution in [-0.4, -0.2) is 29.9 Å². The van der Waals surface area contributed by atoms with Gasteiger partial charge in [-0.1, -0.05) is 19.9 Å². The lowest BCUT2D eigenvalue weighted by atomic mass is 10.2. The molecule has 1 aromatic rings. The second-order valence-corrected chi connectivity index (χ2v) is 4.46. The van der Waals surface area contributed by atoms with Gasteiger partial charge in [0.25, 0.3) is 0 Å². The van der Waals surface area contributed by atoms with Gasteiger partial charge in [0.15, 0.2) is 0 Å². The number of carbonyl (C=O) groups excluding carboxylic acids is 1. The summed E-state index contributed by atoms with van der Waals surface area (Å²) in [5.74, 6) is -0.312. The van der Waals surface area contributed by atoms with Crippen molar-refractivity contribution in [3.8, 4) is 0 Å². The summed E-state index contributed by atoms with van der Waals surface area (Å²) in [7, 11) is 0. The molecule has 0 saturated carbocycles. The maximum absolute atomic E-state index is 12.6. The summed E-state index contributed by atoms with van der Waals surface area (Å²) >= 11 is 0. The summed E-state index contributed by atoms with van der Waals surface area (Å²) in [5.41, 5.74) is -0.616. The number of nitrogens with one attached hydrogen (secondary N) is 1. The lowest BCUT2D eigenvalue weighted by Gasteiger charge is -2.25. The lowest BCUT2D eigenvalue weighted by molar-refractivity contribution is -0.137. The van der Waals surface area contributed by atoms with Gasteiger partial charge in [0.05, 0.1) is 11.6 Å². The number of rotatable bonds is 5. The van der Waals surface area contributed by atoms with Crippen LogP contribution in [0.3, 0.4) is 0 Å². The van der Waals surface area contributed by atoms with Gasteiger partial charge in [-0.25, -0.2) is 0 Å². The zero-order valence-electron chi connectivity index (χ0n) is 11.8. The highest BCUT2D eigenvalue weighted by atomic mass is 19.4. The molecule has 0 bridgehead atoms. The largest absolute Gasteiger partial charge is 0.416 e. The Morgan fingerprint density at radius 1 is 1.30 bits per heavy atom. The number of benzene rings is 1. The van der Waals surface area contributed by atoms with Gasteiger partial charge in [-0.3, -0.25) is 9.69 Å². The highest BCUT2D eigenvalue weighted by molar-refractivity contribution is 5.94. The van der Waals surface area contributed by atoms with E-state index in [0.717, 1.165) is 12.1 Å². The van der Waals surface area contributed by atoms with Crippen LogP contribution in [0.1, 0.15) is 26.3 Å². The number of anilines is 1. The highest BCUT2D eigenvalue weighted by Gasteiger charge is 2.30. The molecule has 6 heteroatoms. The minimum Gasteiger partial charge on any atom is -0.325 e. The van der Waals surface area contributed by atoms with Crippen molar-refractivity contribution >= 4 is 11.6 Å². The van der Waals surface area contributed by atoms with Crippen LogP contribution in [0.4, 0.5) is 18.9 Å². The Hall–Kier alpha value is -1.56.